The molecule has 0 radical (unpaired) electrons. The van der Waals surface area contributed by atoms with Gasteiger partial charge in [0.1, 0.15) is 0 Å². The first kappa shape index (κ1) is 17.9. The van der Waals surface area contributed by atoms with E-state index in [4.69, 9.17) is 4.98 Å². The van der Waals surface area contributed by atoms with Crippen LogP contribution in [-0.4, -0.2) is 4.98 Å². The number of hydrogen-bond acceptors (Lipinski definition) is 1. The molecular formula is C28H25N. The van der Waals surface area contributed by atoms with Crippen LogP contribution in [0, 0.1) is 13.8 Å². The first-order valence-electron chi connectivity index (χ1n) is 10.3. The summed E-state index contributed by atoms with van der Waals surface area (Å²) >= 11 is 0. The van der Waals surface area contributed by atoms with Gasteiger partial charge in [0.15, 0.2) is 0 Å². The topological polar surface area (TPSA) is 12.9 Å². The highest BCUT2D eigenvalue weighted by molar-refractivity contribution is 6.20. The van der Waals surface area contributed by atoms with Gasteiger partial charge < -0.3 is 0 Å². The van der Waals surface area contributed by atoms with Crippen molar-refractivity contribution in [3.8, 4) is 11.3 Å². The van der Waals surface area contributed by atoms with Crippen molar-refractivity contribution in [1.29, 1.82) is 0 Å². The number of aromatic nitrogens is 1. The van der Waals surface area contributed by atoms with Gasteiger partial charge in [0.2, 0.25) is 0 Å². The van der Waals surface area contributed by atoms with Gasteiger partial charge in [0.25, 0.3) is 0 Å². The minimum atomic E-state index is 0.450. The Morgan fingerprint density at radius 1 is 0.690 bits per heavy atom. The van der Waals surface area contributed by atoms with Gasteiger partial charge in [-0.15, -0.1) is 0 Å². The average molecular weight is 376 g/mol. The highest BCUT2D eigenvalue weighted by Gasteiger charge is 2.15. The SMILES string of the molecule is Cc1cc(C)cc(-c2nccc3c2ccc2c4ccccc4cc(C(C)C)c32)c1. The molecule has 0 amide bonds. The molecule has 0 saturated carbocycles. The third kappa shape index (κ3) is 2.89. The van der Waals surface area contributed by atoms with Gasteiger partial charge >= 0.3 is 0 Å². The van der Waals surface area contributed by atoms with Crippen LogP contribution in [0.3, 0.4) is 0 Å². The van der Waals surface area contributed by atoms with Crippen LogP contribution >= 0.6 is 0 Å². The Bertz CT molecular complexity index is 1370. The van der Waals surface area contributed by atoms with Crippen LogP contribution in [0.1, 0.15) is 36.5 Å². The van der Waals surface area contributed by atoms with E-state index in [-0.39, 0.29) is 0 Å². The summed E-state index contributed by atoms with van der Waals surface area (Å²) in [6, 6.07) is 24.5. The van der Waals surface area contributed by atoms with Crippen molar-refractivity contribution in [2.75, 3.05) is 0 Å². The minimum Gasteiger partial charge on any atom is -0.256 e. The Morgan fingerprint density at radius 3 is 2.14 bits per heavy atom. The normalized spacial score (nSPS) is 11.8. The van der Waals surface area contributed by atoms with Crippen LogP contribution in [0.2, 0.25) is 0 Å². The van der Waals surface area contributed by atoms with E-state index in [1.54, 1.807) is 0 Å². The lowest BCUT2D eigenvalue weighted by Crippen LogP contribution is -1.94. The van der Waals surface area contributed by atoms with Gasteiger partial charge in [-0.05, 0) is 70.5 Å². The Hall–Kier alpha value is -3.19. The number of benzene rings is 4. The number of nitrogens with zero attached hydrogens (tertiary/aromatic N) is 1. The monoisotopic (exact) mass is 375 g/mol. The average Bonchev–Trinajstić information content (AvgIpc) is 2.71. The maximum absolute atomic E-state index is 4.80. The lowest BCUT2D eigenvalue weighted by Gasteiger charge is -2.17. The molecule has 0 aliphatic heterocycles. The fourth-order valence-electron chi connectivity index (χ4n) is 4.70. The van der Waals surface area contributed by atoms with Crippen molar-refractivity contribution in [1.82, 2.24) is 4.98 Å². The zero-order valence-electron chi connectivity index (χ0n) is 17.5. The van der Waals surface area contributed by atoms with Crippen LogP contribution in [0.25, 0.3) is 43.6 Å². The molecule has 0 bridgehead atoms. The number of pyridine rings is 1. The molecule has 1 nitrogen and oxygen atoms in total. The number of aryl methyl sites for hydroxylation is 2. The summed E-state index contributed by atoms with van der Waals surface area (Å²) in [4.78, 5) is 4.80. The fourth-order valence-corrected chi connectivity index (χ4v) is 4.70. The van der Waals surface area contributed by atoms with Crippen LogP contribution in [0.5, 0.6) is 0 Å². The number of fused-ring (bicyclic) bond motifs is 5. The molecular weight excluding hydrogens is 350 g/mol. The Balaban J connectivity index is 1.94. The molecule has 1 aromatic heterocycles. The minimum absolute atomic E-state index is 0.450. The zero-order chi connectivity index (χ0) is 20.1. The van der Waals surface area contributed by atoms with E-state index < -0.39 is 0 Å². The van der Waals surface area contributed by atoms with E-state index in [0.717, 1.165) is 5.69 Å². The number of rotatable bonds is 2. The van der Waals surface area contributed by atoms with Crippen molar-refractivity contribution in [2.45, 2.75) is 33.6 Å². The Morgan fingerprint density at radius 2 is 1.38 bits per heavy atom. The largest absolute Gasteiger partial charge is 0.256 e. The maximum atomic E-state index is 4.80. The molecule has 0 N–H and O–H groups in total. The highest BCUT2D eigenvalue weighted by Crippen LogP contribution is 2.39. The maximum Gasteiger partial charge on any atom is 0.0780 e. The molecule has 4 aromatic carbocycles. The predicted octanol–water partition coefficient (Wildman–Crippen LogP) is 7.95. The quantitative estimate of drug-likeness (QED) is 0.285. The Labute approximate surface area is 172 Å². The van der Waals surface area contributed by atoms with Crippen molar-refractivity contribution >= 4 is 32.3 Å². The zero-order valence-corrected chi connectivity index (χ0v) is 17.5. The summed E-state index contributed by atoms with van der Waals surface area (Å²) < 4.78 is 0. The third-order valence-corrected chi connectivity index (χ3v) is 5.91. The van der Waals surface area contributed by atoms with Crippen molar-refractivity contribution in [3.05, 3.63) is 89.6 Å². The molecule has 142 valence electrons. The summed E-state index contributed by atoms with van der Waals surface area (Å²) in [5.41, 5.74) is 6.21. The van der Waals surface area contributed by atoms with E-state index in [0.29, 0.717) is 5.92 Å². The molecule has 0 aliphatic rings. The summed E-state index contributed by atoms with van der Waals surface area (Å²) in [6.07, 6.45) is 1.97. The van der Waals surface area contributed by atoms with E-state index in [2.05, 4.69) is 94.4 Å². The lowest BCUT2D eigenvalue weighted by molar-refractivity contribution is 0.878. The number of hydrogen-bond donors (Lipinski definition) is 0. The molecule has 5 aromatic rings. The molecule has 0 spiro atoms. The molecule has 1 heterocycles. The summed E-state index contributed by atoms with van der Waals surface area (Å²) in [6.45, 7) is 8.88. The molecule has 1 heteroatoms. The second-order valence-electron chi connectivity index (χ2n) is 8.46. The second-order valence-corrected chi connectivity index (χ2v) is 8.46. The second kappa shape index (κ2) is 6.70. The first-order chi connectivity index (χ1) is 14.0. The molecule has 0 atom stereocenters. The van der Waals surface area contributed by atoms with Gasteiger partial charge in [-0.3, -0.25) is 4.98 Å². The third-order valence-electron chi connectivity index (χ3n) is 5.91. The molecule has 0 aliphatic carbocycles. The van der Waals surface area contributed by atoms with Gasteiger partial charge in [-0.1, -0.05) is 73.5 Å². The highest BCUT2D eigenvalue weighted by atomic mass is 14.7. The van der Waals surface area contributed by atoms with E-state index in [9.17, 15) is 0 Å². The Kier molecular flexibility index (Phi) is 4.13. The molecule has 0 fully saturated rings. The summed E-state index contributed by atoms with van der Waals surface area (Å²) in [5.74, 6) is 0.450. The van der Waals surface area contributed by atoms with E-state index in [1.807, 2.05) is 6.20 Å². The van der Waals surface area contributed by atoms with Crippen molar-refractivity contribution in [3.63, 3.8) is 0 Å². The van der Waals surface area contributed by atoms with Gasteiger partial charge in [0.05, 0.1) is 5.69 Å². The van der Waals surface area contributed by atoms with E-state index >= 15 is 0 Å². The molecule has 0 unspecified atom stereocenters. The van der Waals surface area contributed by atoms with Crippen LogP contribution in [-0.2, 0) is 0 Å². The molecule has 0 saturated heterocycles. The lowest BCUT2D eigenvalue weighted by atomic mass is 9.88. The smallest absolute Gasteiger partial charge is 0.0780 e. The fraction of sp³-hybridized carbons (Fsp3) is 0.179. The first-order valence-corrected chi connectivity index (χ1v) is 10.3. The predicted molar refractivity (Wildman–Crippen MR) is 126 cm³/mol. The van der Waals surface area contributed by atoms with Crippen molar-refractivity contribution in [2.24, 2.45) is 0 Å². The van der Waals surface area contributed by atoms with Gasteiger partial charge in [0, 0.05) is 17.1 Å². The van der Waals surface area contributed by atoms with Crippen LogP contribution in [0.4, 0.5) is 0 Å². The van der Waals surface area contributed by atoms with Crippen LogP contribution < -0.4 is 0 Å². The van der Waals surface area contributed by atoms with Gasteiger partial charge in [-0.25, -0.2) is 0 Å². The summed E-state index contributed by atoms with van der Waals surface area (Å²) in [5, 5.41) is 7.84. The molecule has 29 heavy (non-hydrogen) atoms. The molecule has 5 rings (SSSR count). The van der Waals surface area contributed by atoms with Crippen LogP contribution in [0.15, 0.2) is 72.9 Å². The van der Waals surface area contributed by atoms with Crippen molar-refractivity contribution < 1.29 is 0 Å². The standard InChI is InChI=1S/C28H25N/c1-17(2)26-16-20-7-5-6-8-22(20)23-9-10-25-24(27(23)26)11-12-29-28(25)21-14-18(3)13-19(4)15-21/h5-17H,1-4H3. The van der Waals surface area contributed by atoms with Gasteiger partial charge in [-0.2, -0.15) is 0 Å². The van der Waals surface area contributed by atoms with E-state index in [1.165, 1.54) is 54.6 Å². The summed E-state index contributed by atoms with van der Waals surface area (Å²) in [7, 11) is 0.